The van der Waals surface area contributed by atoms with Gasteiger partial charge in [0.1, 0.15) is 11.4 Å². The minimum atomic E-state index is -2.91. The second-order valence-corrected chi connectivity index (χ2v) is 10.7. The van der Waals surface area contributed by atoms with Crippen LogP contribution in [0.25, 0.3) is 28.0 Å². The summed E-state index contributed by atoms with van der Waals surface area (Å²) in [4.78, 5) is 23.9. The van der Waals surface area contributed by atoms with E-state index in [-0.39, 0.29) is 16.7 Å². The maximum Gasteiger partial charge on any atom is 0.387 e. The molecule has 0 bridgehead atoms. The molecule has 3 aliphatic rings. The first-order valence-electron chi connectivity index (χ1n) is 13.3. The number of hydrogen-bond donors (Lipinski definition) is 0. The van der Waals surface area contributed by atoms with Crippen molar-refractivity contribution in [1.82, 2.24) is 9.55 Å². The number of benzene rings is 3. The Kier molecular flexibility index (Phi) is 5.25. The topological polar surface area (TPSA) is 56.5 Å². The molecule has 7 heteroatoms. The molecule has 1 aromatic heterocycles. The number of rotatable bonds is 5. The molecular weight excluding hydrogens is 484 g/mol. The summed E-state index contributed by atoms with van der Waals surface area (Å²) in [6, 6.07) is 18.4. The van der Waals surface area contributed by atoms with Crippen molar-refractivity contribution in [1.29, 1.82) is 0 Å². The highest BCUT2D eigenvalue weighted by Gasteiger charge is 2.43. The van der Waals surface area contributed by atoms with Crippen LogP contribution in [-0.2, 0) is 5.41 Å². The molecule has 2 aliphatic carbocycles. The van der Waals surface area contributed by atoms with E-state index in [1.54, 1.807) is 16.7 Å². The predicted octanol–water partition coefficient (Wildman–Crippen LogP) is 7.45. The number of aromatic nitrogens is 2. The Morgan fingerprint density at radius 1 is 1.00 bits per heavy atom. The maximum atomic E-state index is 14.1. The molecule has 2 saturated carbocycles. The lowest BCUT2D eigenvalue weighted by molar-refractivity contribution is -0.0498. The molecule has 0 saturated heterocycles. The molecule has 0 N–H and O–H groups in total. The first-order chi connectivity index (χ1) is 18.4. The monoisotopic (exact) mass is 511 g/mol. The zero-order chi connectivity index (χ0) is 26.0. The van der Waals surface area contributed by atoms with Gasteiger partial charge in [-0.15, -0.1) is 0 Å². The van der Waals surface area contributed by atoms with Crippen molar-refractivity contribution in [2.75, 3.05) is 0 Å². The molecule has 5 nitrogen and oxygen atoms in total. The van der Waals surface area contributed by atoms with Crippen molar-refractivity contribution in [2.24, 2.45) is 4.99 Å². The van der Waals surface area contributed by atoms with Gasteiger partial charge in [0, 0.05) is 22.4 Å². The number of hydrogen-bond acceptors (Lipinski definition) is 4. The van der Waals surface area contributed by atoms with Crippen molar-refractivity contribution in [3.8, 4) is 22.7 Å². The largest absolute Gasteiger partial charge is 0.435 e. The molecule has 192 valence electrons. The average molecular weight is 512 g/mol. The van der Waals surface area contributed by atoms with Gasteiger partial charge >= 0.3 is 6.61 Å². The first kappa shape index (κ1) is 23.3. The van der Waals surface area contributed by atoms with Gasteiger partial charge in [0.15, 0.2) is 0 Å². The van der Waals surface area contributed by atoms with E-state index < -0.39 is 6.61 Å². The number of fused-ring (bicyclic) bond motifs is 3. The summed E-state index contributed by atoms with van der Waals surface area (Å²) in [5, 5.41) is 0. The minimum Gasteiger partial charge on any atom is -0.435 e. The number of aliphatic imine (C=N–C) groups is 1. The Morgan fingerprint density at radius 2 is 1.76 bits per heavy atom. The van der Waals surface area contributed by atoms with E-state index in [2.05, 4.69) is 23.8 Å². The third-order valence-electron chi connectivity index (χ3n) is 8.47. The Bertz CT molecular complexity index is 1660. The van der Waals surface area contributed by atoms with Crippen molar-refractivity contribution >= 4 is 22.4 Å². The molecule has 2 fully saturated rings. The molecule has 0 amide bonds. The zero-order valence-corrected chi connectivity index (χ0v) is 21.1. The van der Waals surface area contributed by atoms with E-state index >= 15 is 0 Å². The summed E-state index contributed by atoms with van der Waals surface area (Å²) in [5.41, 5.74) is 7.36. The molecule has 0 atom stereocenters. The lowest BCUT2D eigenvalue weighted by Gasteiger charge is -2.25. The van der Waals surface area contributed by atoms with Gasteiger partial charge in [-0.2, -0.15) is 8.78 Å². The van der Waals surface area contributed by atoms with Crippen LogP contribution in [0.15, 0.2) is 70.5 Å². The van der Waals surface area contributed by atoms with Crippen LogP contribution in [0.5, 0.6) is 5.75 Å². The van der Waals surface area contributed by atoms with Crippen molar-refractivity contribution in [3.63, 3.8) is 0 Å². The third-order valence-corrected chi connectivity index (χ3v) is 8.47. The highest BCUT2D eigenvalue weighted by molar-refractivity contribution is 6.01. The Hall–Kier alpha value is -3.87. The van der Waals surface area contributed by atoms with Gasteiger partial charge in [-0.05, 0) is 98.2 Å². The molecular formula is C31H27F2N3O2. The molecule has 2 heterocycles. The molecule has 1 spiro atoms. The van der Waals surface area contributed by atoms with E-state index in [1.165, 1.54) is 36.1 Å². The minimum absolute atomic E-state index is 0.0408. The normalized spacial score (nSPS) is 17.8. The summed E-state index contributed by atoms with van der Waals surface area (Å²) >= 11 is 0. The second kappa shape index (κ2) is 8.58. The van der Waals surface area contributed by atoms with Gasteiger partial charge in [-0.3, -0.25) is 14.4 Å². The summed E-state index contributed by atoms with van der Waals surface area (Å²) in [6.45, 7) is -0.792. The van der Waals surface area contributed by atoms with Crippen LogP contribution in [0.2, 0.25) is 0 Å². The van der Waals surface area contributed by atoms with Gasteiger partial charge in [0.25, 0.3) is 5.56 Å². The number of alkyl halides is 2. The average Bonchev–Trinajstić information content (AvgIpc) is 3.58. The van der Waals surface area contributed by atoms with Gasteiger partial charge in [-0.25, -0.2) is 4.98 Å². The van der Waals surface area contributed by atoms with Crippen LogP contribution in [-0.4, -0.2) is 21.9 Å². The number of halogens is 2. The van der Waals surface area contributed by atoms with Crippen LogP contribution in [0, 0.1) is 0 Å². The summed E-state index contributed by atoms with van der Waals surface area (Å²) in [5.74, 6) is 0.553. The van der Waals surface area contributed by atoms with Gasteiger partial charge in [0.05, 0.1) is 16.7 Å². The highest BCUT2D eigenvalue weighted by atomic mass is 19.3. The first-order valence-corrected chi connectivity index (χ1v) is 13.3. The summed E-state index contributed by atoms with van der Waals surface area (Å²) in [6.07, 6.45) is 6.77. The van der Waals surface area contributed by atoms with Crippen LogP contribution >= 0.6 is 0 Å². The van der Waals surface area contributed by atoms with Gasteiger partial charge in [0.2, 0.25) is 0 Å². The maximum absolute atomic E-state index is 14.1. The van der Waals surface area contributed by atoms with Gasteiger partial charge in [-0.1, -0.05) is 25.0 Å². The highest BCUT2D eigenvalue weighted by Crippen LogP contribution is 2.51. The fraction of sp³-hybridized carbons (Fsp3) is 0.323. The molecule has 3 aromatic carbocycles. The molecule has 0 radical (unpaired) electrons. The summed E-state index contributed by atoms with van der Waals surface area (Å²) in [7, 11) is 0. The van der Waals surface area contributed by atoms with Crippen molar-refractivity contribution in [3.05, 3.63) is 82.1 Å². The third kappa shape index (κ3) is 3.67. The quantitative estimate of drug-likeness (QED) is 0.280. The second-order valence-electron chi connectivity index (χ2n) is 10.7. The Balaban J connectivity index is 1.41. The molecule has 1 aliphatic heterocycles. The SMILES string of the molecule is CC1=Nc2ccc(-c3nc4ccc(C5CC5)cc4n(-c4ccc(OC(F)F)cc4)c3=O)cc2C12CCCC2. The fourth-order valence-corrected chi connectivity index (χ4v) is 6.35. The summed E-state index contributed by atoms with van der Waals surface area (Å²) < 4.78 is 31.6. The Labute approximate surface area is 218 Å². The van der Waals surface area contributed by atoms with Crippen LogP contribution in [0.3, 0.4) is 0 Å². The van der Waals surface area contributed by atoms with Crippen molar-refractivity contribution in [2.45, 2.75) is 63.4 Å². The predicted molar refractivity (Wildman–Crippen MR) is 144 cm³/mol. The van der Waals surface area contributed by atoms with E-state index in [4.69, 9.17) is 9.98 Å². The van der Waals surface area contributed by atoms with E-state index in [0.29, 0.717) is 28.3 Å². The van der Waals surface area contributed by atoms with Crippen LogP contribution in [0.4, 0.5) is 14.5 Å². The van der Waals surface area contributed by atoms with E-state index in [9.17, 15) is 13.6 Å². The van der Waals surface area contributed by atoms with Crippen LogP contribution < -0.4 is 10.3 Å². The zero-order valence-electron chi connectivity index (χ0n) is 21.1. The Morgan fingerprint density at radius 3 is 2.47 bits per heavy atom. The molecule has 7 rings (SSSR count). The fourth-order valence-electron chi connectivity index (χ4n) is 6.35. The number of ether oxygens (including phenoxy) is 1. The molecule has 0 unspecified atom stereocenters. The molecule has 38 heavy (non-hydrogen) atoms. The van der Waals surface area contributed by atoms with Crippen LogP contribution in [0.1, 0.15) is 62.5 Å². The lowest BCUT2D eigenvalue weighted by atomic mass is 9.76. The number of nitrogens with zero attached hydrogens (tertiary/aromatic N) is 3. The lowest BCUT2D eigenvalue weighted by Crippen LogP contribution is -2.27. The van der Waals surface area contributed by atoms with Gasteiger partial charge < -0.3 is 4.74 Å². The molecule has 4 aromatic rings. The van der Waals surface area contributed by atoms with E-state index in [1.807, 2.05) is 24.3 Å². The van der Waals surface area contributed by atoms with E-state index in [0.717, 1.165) is 42.6 Å². The standard InChI is InChI=1S/C31H27F2N3O2/c1-18-31(14-2-3-15-31)24-16-21(7-12-25(24)34-18)28-29(37)36(22-8-10-23(11-9-22)38-30(32)33)27-17-20(19-4-5-19)6-13-26(27)35-28/h6-13,16-17,19,30H,2-5,14-15H2,1H3. The van der Waals surface area contributed by atoms with Crippen molar-refractivity contribution < 1.29 is 13.5 Å². The smallest absolute Gasteiger partial charge is 0.387 e.